The molecule has 1 aliphatic heterocycles. The summed E-state index contributed by atoms with van der Waals surface area (Å²) in [5.41, 5.74) is 1.55. The van der Waals surface area contributed by atoms with Gasteiger partial charge in [-0.3, -0.25) is 0 Å². The Morgan fingerprint density at radius 2 is 2.20 bits per heavy atom. The summed E-state index contributed by atoms with van der Waals surface area (Å²) in [6.45, 7) is 3.77. The van der Waals surface area contributed by atoms with Crippen molar-refractivity contribution in [3.63, 3.8) is 0 Å². The van der Waals surface area contributed by atoms with E-state index in [2.05, 4.69) is 10.3 Å². The molecule has 1 aliphatic rings. The molecule has 106 valence electrons. The van der Waals surface area contributed by atoms with Gasteiger partial charge in [-0.25, -0.2) is 9.79 Å². The van der Waals surface area contributed by atoms with Gasteiger partial charge in [-0.05, 0) is 18.7 Å². The second-order valence-corrected chi connectivity index (χ2v) is 5.92. The molecule has 0 fully saturated rings. The number of allylic oxidation sites excluding steroid dienone is 1. The first-order valence-corrected chi connectivity index (χ1v) is 7.57. The molecule has 20 heavy (non-hydrogen) atoms. The number of aliphatic imine (C=N–C) groups is 1. The minimum Gasteiger partial charge on any atom is -0.478 e. The molecule has 1 aromatic carbocycles. The summed E-state index contributed by atoms with van der Waals surface area (Å²) in [4.78, 5) is 16.0. The highest BCUT2D eigenvalue weighted by molar-refractivity contribution is 8.13. The summed E-state index contributed by atoms with van der Waals surface area (Å²) in [6.07, 6.45) is 0. The molecule has 0 aliphatic carbocycles. The van der Waals surface area contributed by atoms with E-state index in [1.807, 2.05) is 25.1 Å². The Bertz CT molecular complexity index is 599. The Kier molecular flexibility index (Phi) is 4.73. The maximum Gasteiger partial charge on any atom is 0.335 e. The molecule has 0 radical (unpaired) electrons. The van der Waals surface area contributed by atoms with E-state index in [1.54, 1.807) is 24.8 Å². The summed E-state index contributed by atoms with van der Waals surface area (Å²) in [6, 6.07) is 6.63. The van der Waals surface area contributed by atoms with Crippen molar-refractivity contribution in [2.75, 3.05) is 5.75 Å². The van der Waals surface area contributed by atoms with Crippen LogP contribution in [0, 0.1) is 0 Å². The third kappa shape index (κ3) is 2.99. The van der Waals surface area contributed by atoms with E-state index in [0.717, 1.165) is 10.9 Å². The number of carbonyl (C=O) groups is 1. The molecule has 0 saturated carbocycles. The van der Waals surface area contributed by atoms with Crippen LogP contribution in [0.25, 0.3) is 0 Å². The largest absolute Gasteiger partial charge is 0.478 e. The molecule has 4 nitrogen and oxygen atoms in total. The SMILES string of the molecule is CCSC1=NC(c2ccccc2Cl)C(C(=O)O)=C(C)N1. The summed E-state index contributed by atoms with van der Waals surface area (Å²) in [5, 5.41) is 13.7. The molecule has 2 rings (SSSR count). The van der Waals surface area contributed by atoms with E-state index in [0.29, 0.717) is 16.3 Å². The second kappa shape index (κ2) is 6.33. The predicted molar refractivity (Wildman–Crippen MR) is 83.2 cm³/mol. The maximum atomic E-state index is 11.5. The molecule has 0 amide bonds. The van der Waals surface area contributed by atoms with Crippen LogP contribution in [0.2, 0.25) is 5.02 Å². The molecule has 0 bridgehead atoms. The first-order valence-electron chi connectivity index (χ1n) is 6.20. The summed E-state index contributed by atoms with van der Waals surface area (Å²) >= 11 is 7.73. The van der Waals surface area contributed by atoms with Crippen molar-refractivity contribution in [3.05, 3.63) is 46.1 Å². The van der Waals surface area contributed by atoms with Crippen molar-refractivity contribution in [3.8, 4) is 0 Å². The monoisotopic (exact) mass is 310 g/mol. The zero-order valence-electron chi connectivity index (χ0n) is 11.2. The number of hydrogen-bond donors (Lipinski definition) is 2. The van der Waals surface area contributed by atoms with Crippen LogP contribution in [-0.4, -0.2) is 22.0 Å². The number of carboxylic acids is 1. The van der Waals surface area contributed by atoms with Crippen molar-refractivity contribution >= 4 is 34.5 Å². The Balaban J connectivity index is 2.51. The van der Waals surface area contributed by atoms with Crippen LogP contribution in [0.15, 0.2) is 40.5 Å². The smallest absolute Gasteiger partial charge is 0.335 e. The van der Waals surface area contributed by atoms with Crippen LogP contribution in [0.1, 0.15) is 25.5 Å². The van der Waals surface area contributed by atoms with Gasteiger partial charge in [0.05, 0.1) is 5.57 Å². The molecule has 1 unspecified atom stereocenters. The molecule has 1 atom stereocenters. The summed E-state index contributed by atoms with van der Waals surface area (Å²) < 4.78 is 0. The third-order valence-corrected chi connectivity index (χ3v) is 4.04. The minimum atomic E-state index is -0.982. The van der Waals surface area contributed by atoms with Crippen LogP contribution in [-0.2, 0) is 4.79 Å². The number of thioether (sulfide) groups is 1. The summed E-state index contributed by atoms with van der Waals surface area (Å²) in [7, 11) is 0. The Hall–Kier alpha value is -1.46. The highest BCUT2D eigenvalue weighted by Crippen LogP contribution is 2.35. The van der Waals surface area contributed by atoms with Gasteiger partial charge < -0.3 is 10.4 Å². The third-order valence-electron chi connectivity index (χ3n) is 2.93. The highest BCUT2D eigenvalue weighted by Gasteiger charge is 2.30. The number of carboxylic acid groups (broad SMARTS) is 1. The lowest BCUT2D eigenvalue weighted by Gasteiger charge is -2.25. The lowest BCUT2D eigenvalue weighted by atomic mass is 9.97. The number of aliphatic carboxylic acids is 1. The number of benzene rings is 1. The van der Waals surface area contributed by atoms with E-state index < -0.39 is 12.0 Å². The fourth-order valence-electron chi connectivity index (χ4n) is 2.06. The number of rotatable bonds is 3. The zero-order chi connectivity index (χ0) is 14.7. The lowest BCUT2D eigenvalue weighted by molar-refractivity contribution is -0.133. The molecule has 0 saturated heterocycles. The van der Waals surface area contributed by atoms with E-state index in [9.17, 15) is 9.90 Å². The first kappa shape index (κ1) is 14.9. The first-order chi connectivity index (χ1) is 9.54. The Morgan fingerprint density at radius 1 is 1.50 bits per heavy atom. The van der Waals surface area contributed by atoms with Crippen molar-refractivity contribution in [2.24, 2.45) is 4.99 Å². The van der Waals surface area contributed by atoms with Gasteiger partial charge in [0.1, 0.15) is 6.04 Å². The van der Waals surface area contributed by atoms with Crippen LogP contribution < -0.4 is 5.32 Å². The Labute approximate surface area is 126 Å². The van der Waals surface area contributed by atoms with Gasteiger partial charge in [0, 0.05) is 16.3 Å². The van der Waals surface area contributed by atoms with Gasteiger partial charge in [0.15, 0.2) is 5.17 Å². The molecule has 1 heterocycles. The fourth-order valence-corrected chi connectivity index (χ4v) is 2.97. The van der Waals surface area contributed by atoms with Crippen molar-refractivity contribution in [2.45, 2.75) is 19.9 Å². The van der Waals surface area contributed by atoms with E-state index >= 15 is 0 Å². The van der Waals surface area contributed by atoms with E-state index in [1.165, 1.54) is 0 Å². The van der Waals surface area contributed by atoms with Crippen molar-refractivity contribution in [1.82, 2.24) is 5.32 Å². The average molecular weight is 311 g/mol. The van der Waals surface area contributed by atoms with Crippen LogP contribution >= 0.6 is 23.4 Å². The van der Waals surface area contributed by atoms with Crippen LogP contribution in [0.5, 0.6) is 0 Å². The van der Waals surface area contributed by atoms with Crippen LogP contribution in [0.3, 0.4) is 0 Å². The van der Waals surface area contributed by atoms with E-state index in [-0.39, 0.29) is 5.57 Å². The topological polar surface area (TPSA) is 61.7 Å². The van der Waals surface area contributed by atoms with Crippen LogP contribution in [0.4, 0.5) is 0 Å². The number of hydrogen-bond acceptors (Lipinski definition) is 4. The molecule has 1 aromatic rings. The van der Waals surface area contributed by atoms with Gasteiger partial charge >= 0.3 is 5.97 Å². The van der Waals surface area contributed by atoms with Gasteiger partial charge in [-0.15, -0.1) is 0 Å². The average Bonchev–Trinajstić information content (AvgIpc) is 2.38. The normalized spacial score (nSPS) is 18.6. The Morgan fingerprint density at radius 3 is 2.80 bits per heavy atom. The summed E-state index contributed by atoms with van der Waals surface area (Å²) in [5.74, 6) is -0.124. The lowest BCUT2D eigenvalue weighted by Crippen LogP contribution is -2.29. The number of amidine groups is 1. The van der Waals surface area contributed by atoms with E-state index in [4.69, 9.17) is 11.6 Å². The number of nitrogens with one attached hydrogen (secondary N) is 1. The molecule has 0 spiro atoms. The maximum absolute atomic E-state index is 11.5. The molecule has 2 N–H and O–H groups in total. The minimum absolute atomic E-state index is 0.235. The van der Waals surface area contributed by atoms with Gasteiger partial charge in [0.25, 0.3) is 0 Å². The predicted octanol–water partition coefficient (Wildman–Crippen LogP) is 3.45. The molecular weight excluding hydrogens is 296 g/mol. The fraction of sp³-hybridized carbons (Fsp3) is 0.286. The van der Waals surface area contributed by atoms with Crippen molar-refractivity contribution in [1.29, 1.82) is 0 Å². The van der Waals surface area contributed by atoms with Gasteiger partial charge in [0.2, 0.25) is 0 Å². The molecular formula is C14H15ClN2O2S. The second-order valence-electron chi connectivity index (χ2n) is 4.26. The zero-order valence-corrected chi connectivity index (χ0v) is 12.8. The number of halogens is 1. The van der Waals surface area contributed by atoms with Gasteiger partial charge in [-0.2, -0.15) is 0 Å². The quantitative estimate of drug-likeness (QED) is 0.897. The van der Waals surface area contributed by atoms with Crippen molar-refractivity contribution < 1.29 is 9.90 Å². The number of nitrogens with zero attached hydrogens (tertiary/aromatic N) is 1. The molecule has 0 aromatic heterocycles. The highest BCUT2D eigenvalue weighted by atomic mass is 35.5. The standard InChI is InChI=1S/C14H15ClN2O2S/c1-3-20-14-16-8(2)11(13(18)19)12(17-14)9-6-4-5-7-10(9)15/h4-7,12H,3H2,1-2H3,(H,16,17)(H,18,19). The molecule has 6 heteroatoms. The van der Waals surface area contributed by atoms with Gasteiger partial charge in [-0.1, -0.05) is 48.5 Å².